The zero-order valence-corrected chi connectivity index (χ0v) is 14.4. The van der Waals surface area contributed by atoms with Gasteiger partial charge < -0.3 is 14.8 Å². The van der Waals surface area contributed by atoms with Crippen LogP contribution < -0.4 is 14.8 Å². The largest absolute Gasteiger partial charge is 0.452 e. The van der Waals surface area contributed by atoms with Crippen molar-refractivity contribution < 1.29 is 23.9 Å². The van der Waals surface area contributed by atoms with Gasteiger partial charge >= 0.3 is 5.97 Å². The van der Waals surface area contributed by atoms with Gasteiger partial charge in [0, 0.05) is 11.8 Å². The molecule has 1 aliphatic heterocycles. The zero-order valence-electron chi connectivity index (χ0n) is 14.4. The smallest absolute Gasteiger partial charge is 0.378 e. The van der Waals surface area contributed by atoms with Crippen molar-refractivity contribution in [1.82, 2.24) is 5.32 Å². The Morgan fingerprint density at radius 3 is 2.33 bits per heavy atom. The molecule has 6 nitrogen and oxygen atoms in total. The summed E-state index contributed by atoms with van der Waals surface area (Å²) < 4.78 is 11.2. The topological polar surface area (TPSA) is 81.7 Å². The minimum absolute atomic E-state index is 0.295. The molecule has 0 aromatic heterocycles. The summed E-state index contributed by atoms with van der Waals surface area (Å²) in [5.74, 6) is -2.28. The van der Waals surface area contributed by atoms with Crippen LogP contribution >= 0.6 is 0 Å². The Morgan fingerprint density at radius 1 is 1.12 bits per heavy atom. The van der Waals surface area contributed by atoms with Crippen LogP contribution in [0.2, 0.25) is 0 Å². The number of nitrogens with one attached hydrogen (secondary N) is 1. The molecule has 0 saturated carbocycles. The molecule has 0 bridgehead atoms. The van der Waals surface area contributed by atoms with Crippen molar-refractivity contribution in [2.75, 3.05) is 0 Å². The Labute approximate surface area is 141 Å². The van der Waals surface area contributed by atoms with Crippen molar-refractivity contribution in [3.05, 3.63) is 24.3 Å². The fraction of sp³-hybridized carbons (Fsp3) is 0.500. The number of ketones is 1. The van der Waals surface area contributed by atoms with Crippen molar-refractivity contribution in [2.24, 2.45) is 11.8 Å². The quantitative estimate of drug-likeness (QED) is 0.491. The maximum Gasteiger partial charge on any atom is 0.378 e. The monoisotopic (exact) mass is 333 g/mol. The van der Waals surface area contributed by atoms with E-state index in [1.54, 1.807) is 38.1 Å². The Hall–Kier alpha value is -2.37. The van der Waals surface area contributed by atoms with E-state index in [0.717, 1.165) is 0 Å². The van der Waals surface area contributed by atoms with Crippen molar-refractivity contribution in [1.29, 1.82) is 0 Å². The van der Waals surface area contributed by atoms with Crippen molar-refractivity contribution in [2.45, 2.75) is 46.3 Å². The summed E-state index contributed by atoms with van der Waals surface area (Å²) in [6.07, 6.45) is 1.09. The number of esters is 1. The Balaban J connectivity index is 2.36. The highest BCUT2D eigenvalue weighted by molar-refractivity contribution is 6.37. The number of hydrogen-bond donors (Lipinski definition) is 1. The number of para-hydroxylation sites is 2. The van der Waals surface area contributed by atoms with Crippen LogP contribution in [0.15, 0.2) is 24.3 Å². The molecule has 0 spiro atoms. The van der Waals surface area contributed by atoms with Crippen molar-refractivity contribution in [3.63, 3.8) is 0 Å². The number of carbonyl (C=O) groups is 3. The Morgan fingerprint density at radius 2 is 1.75 bits per heavy atom. The van der Waals surface area contributed by atoms with Crippen LogP contribution in [0.4, 0.5) is 0 Å². The van der Waals surface area contributed by atoms with E-state index in [9.17, 15) is 14.4 Å². The average Bonchev–Trinajstić information content (AvgIpc) is 2.59. The predicted octanol–water partition coefficient (Wildman–Crippen LogP) is 2.46. The van der Waals surface area contributed by atoms with Gasteiger partial charge in [-0.25, -0.2) is 4.79 Å². The number of Topliss-reactive ketones (excluding diaryl/α,β-unsaturated/α-hetero) is 1. The van der Waals surface area contributed by atoms with E-state index in [1.165, 1.54) is 0 Å². The van der Waals surface area contributed by atoms with E-state index in [-0.39, 0.29) is 5.92 Å². The third-order valence-corrected chi connectivity index (χ3v) is 4.52. The molecule has 3 unspecified atom stereocenters. The molecule has 0 radical (unpaired) electrons. The lowest BCUT2D eigenvalue weighted by molar-refractivity contribution is -0.170. The molecule has 1 heterocycles. The van der Waals surface area contributed by atoms with E-state index in [1.807, 2.05) is 13.8 Å². The molecular formula is C18H23NO5. The molecule has 1 aliphatic rings. The second-order valence-corrected chi connectivity index (χ2v) is 6.11. The molecule has 1 aromatic carbocycles. The van der Waals surface area contributed by atoms with Gasteiger partial charge in [0.2, 0.25) is 5.78 Å². The third kappa shape index (κ3) is 3.13. The lowest BCUT2D eigenvalue weighted by Gasteiger charge is -2.40. The highest BCUT2D eigenvalue weighted by Crippen LogP contribution is 2.38. The summed E-state index contributed by atoms with van der Waals surface area (Å²) >= 11 is 0. The number of fused-ring (bicyclic) bond motifs is 1. The van der Waals surface area contributed by atoms with Crippen LogP contribution in [-0.2, 0) is 14.4 Å². The Kier molecular flexibility index (Phi) is 5.26. The molecule has 1 aromatic rings. The van der Waals surface area contributed by atoms with E-state index >= 15 is 0 Å². The van der Waals surface area contributed by atoms with Crippen LogP contribution in [-0.4, -0.2) is 23.4 Å². The van der Waals surface area contributed by atoms with Gasteiger partial charge in [-0.3, -0.25) is 9.59 Å². The van der Waals surface area contributed by atoms with Crippen LogP contribution in [0.5, 0.6) is 11.5 Å². The highest BCUT2D eigenvalue weighted by Gasteiger charge is 2.52. The van der Waals surface area contributed by atoms with E-state index in [2.05, 4.69) is 5.32 Å². The van der Waals surface area contributed by atoms with Crippen LogP contribution in [0, 0.1) is 11.8 Å². The predicted molar refractivity (Wildman–Crippen MR) is 87.5 cm³/mol. The molecular weight excluding hydrogens is 310 g/mol. The number of carbonyl (C=O) groups excluding carboxylic acids is 3. The molecule has 1 amide bonds. The molecule has 130 valence electrons. The lowest BCUT2D eigenvalue weighted by atomic mass is 9.92. The number of ether oxygens (including phenoxy) is 2. The molecule has 1 N–H and O–H groups in total. The van der Waals surface area contributed by atoms with E-state index in [0.29, 0.717) is 24.3 Å². The summed E-state index contributed by atoms with van der Waals surface area (Å²) in [6, 6.07) is 6.73. The molecule has 0 aliphatic carbocycles. The Bertz CT molecular complexity index is 657. The molecule has 6 heteroatoms. The fourth-order valence-corrected chi connectivity index (χ4v) is 2.44. The van der Waals surface area contributed by atoms with Gasteiger partial charge in [-0.1, -0.05) is 39.8 Å². The van der Waals surface area contributed by atoms with Gasteiger partial charge in [0.25, 0.3) is 11.6 Å². The second kappa shape index (κ2) is 7.03. The molecule has 0 fully saturated rings. The first-order valence-electron chi connectivity index (χ1n) is 8.22. The molecule has 0 saturated heterocycles. The SMILES string of the molecule is CCC(C)C(=O)C(=O)NC1(C(C)CC)Oc2ccccc2OC1=O. The van der Waals surface area contributed by atoms with Crippen molar-refractivity contribution in [3.8, 4) is 11.5 Å². The van der Waals surface area contributed by atoms with Crippen LogP contribution in [0.3, 0.4) is 0 Å². The van der Waals surface area contributed by atoms with Crippen LogP contribution in [0.25, 0.3) is 0 Å². The van der Waals surface area contributed by atoms with Gasteiger partial charge in [0.15, 0.2) is 11.5 Å². The number of rotatable bonds is 6. The summed E-state index contributed by atoms with van der Waals surface area (Å²) in [5.41, 5.74) is -1.71. The van der Waals surface area contributed by atoms with Crippen molar-refractivity contribution >= 4 is 17.7 Å². The number of amides is 1. The molecule has 2 rings (SSSR count). The van der Waals surface area contributed by atoms with Gasteiger partial charge in [-0.2, -0.15) is 0 Å². The van der Waals surface area contributed by atoms with E-state index in [4.69, 9.17) is 9.47 Å². The lowest BCUT2D eigenvalue weighted by Crippen LogP contribution is -2.66. The third-order valence-electron chi connectivity index (χ3n) is 4.52. The zero-order chi connectivity index (χ0) is 17.9. The maximum atomic E-state index is 12.6. The second-order valence-electron chi connectivity index (χ2n) is 6.11. The maximum absolute atomic E-state index is 12.6. The summed E-state index contributed by atoms with van der Waals surface area (Å²) in [7, 11) is 0. The first kappa shape index (κ1) is 18.0. The van der Waals surface area contributed by atoms with Gasteiger partial charge in [-0.15, -0.1) is 0 Å². The first-order chi connectivity index (χ1) is 11.4. The average molecular weight is 333 g/mol. The fourth-order valence-electron chi connectivity index (χ4n) is 2.44. The van der Waals surface area contributed by atoms with Crippen LogP contribution in [0.1, 0.15) is 40.5 Å². The highest BCUT2D eigenvalue weighted by atomic mass is 16.6. The summed E-state index contributed by atoms with van der Waals surface area (Å²) in [4.78, 5) is 37.1. The summed E-state index contributed by atoms with van der Waals surface area (Å²) in [6.45, 7) is 7.13. The van der Waals surface area contributed by atoms with Gasteiger partial charge in [0.05, 0.1) is 0 Å². The minimum atomic E-state index is -1.71. The van der Waals surface area contributed by atoms with Gasteiger partial charge in [0.1, 0.15) is 0 Å². The number of benzene rings is 1. The van der Waals surface area contributed by atoms with Gasteiger partial charge in [-0.05, 0) is 25.0 Å². The molecule has 3 atom stereocenters. The first-order valence-corrected chi connectivity index (χ1v) is 8.22. The summed E-state index contributed by atoms with van der Waals surface area (Å²) in [5, 5.41) is 2.50. The molecule has 24 heavy (non-hydrogen) atoms. The van der Waals surface area contributed by atoms with E-state index < -0.39 is 29.3 Å². The minimum Gasteiger partial charge on any atom is -0.452 e. The normalized spacial score (nSPS) is 21.8. The number of hydrogen-bond acceptors (Lipinski definition) is 5. The standard InChI is InChI=1S/C18H23NO5/c1-5-11(3)15(20)16(21)19-18(12(4)6-2)17(22)23-13-9-7-8-10-14(13)24-18/h7-12H,5-6H2,1-4H3,(H,19,21).